The highest BCUT2D eigenvalue weighted by Crippen LogP contribution is 2.12. The van der Waals surface area contributed by atoms with Gasteiger partial charge >= 0.3 is 5.97 Å². The van der Waals surface area contributed by atoms with Crippen molar-refractivity contribution in [1.82, 2.24) is 4.90 Å². The summed E-state index contributed by atoms with van der Waals surface area (Å²) in [6.45, 7) is 1.27. The zero-order chi connectivity index (χ0) is 18.2. The van der Waals surface area contributed by atoms with E-state index >= 15 is 0 Å². The van der Waals surface area contributed by atoms with E-state index in [-0.39, 0.29) is 13.0 Å². The first-order valence-electron chi connectivity index (χ1n) is 9.28. The molecule has 0 saturated heterocycles. The topological polar surface area (TPSA) is 101 Å². The van der Waals surface area contributed by atoms with Gasteiger partial charge in [-0.15, -0.1) is 0 Å². The number of amides is 2. The molecular formula is C18H34N2O4. The summed E-state index contributed by atoms with van der Waals surface area (Å²) >= 11 is 0. The molecule has 0 rings (SSSR count). The molecule has 0 bridgehead atoms. The maximum atomic E-state index is 11.9. The van der Waals surface area contributed by atoms with Crippen LogP contribution in [0.25, 0.3) is 0 Å². The van der Waals surface area contributed by atoms with Crippen LogP contribution in [0.3, 0.4) is 0 Å². The van der Waals surface area contributed by atoms with Crippen LogP contribution in [0.2, 0.25) is 0 Å². The van der Waals surface area contributed by atoms with E-state index in [1.165, 1.54) is 51.4 Å². The van der Waals surface area contributed by atoms with E-state index in [0.717, 1.165) is 17.7 Å². The minimum atomic E-state index is -1.20. The number of hydrogen-bond donors (Lipinski definition) is 2. The van der Waals surface area contributed by atoms with Crippen LogP contribution in [-0.2, 0) is 14.4 Å². The third kappa shape index (κ3) is 12.0. The van der Waals surface area contributed by atoms with Gasteiger partial charge in [-0.05, 0) is 6.42 Å². The Labute approximate surface area is 145 Å². The van der Waals surface area contributed by atoms with Crippen LogP contribution in [0.5, 0.6) is 0 Å². The van der Waals surface area contributed by atoms with Gasteiger partial charge in [-0.2, -0.15) is 0 Å². The zero-order valence-electron chi connectivity index (χ0n) is 15.1. The first-order chi connectivity index (χ1) is 11.5. The van der Waals surface area contributed by atoms with Crippen molar-refractivity contribution in [1.29, 1.82) is 0 Å². The number of carboxylic acid groups (broad SMARTS) is 1. The standard InChI is InChI=1S/C18H34N2O4/c1-2-3-4-5-6-7-8-9-10-11-12-13-16(21)20(15-18(23)24)17(22)14-19/h2-15,19H2,1H3,(H,23,24). The highest BCUT2D eigenvalue weighted by Gasteiger charge is 2.22. The normalized spacial score (nSPS) is 10.6. The van der Waals surface area contributed by atoms with Gasteiger partial charge in [0.25, 0.3) is 0 Å². The Morgan fingerprint density at radius 2 is 1.25 bits per heavy atom. The molecule has 140 valence electrons. The minimum absolute atomic E-state index is 0.204. The van der Waals surface area contributed by atoms with Crippen molar-refractivity contribution in [3.63, 3.8) is 0 Å². The Kier molecular flexibility index (Phi) is 14.2. The number of carbonyl (C=O) groups excluding carboxylic acids is 2. The van der Waals surface area contributed by atoms with Crippen LogP contribution in [0.4, 0.5) is 0 Å². The van der Waals surface area contributed by atoms with Gasteiger partial charge in [-0.25, -0.2) is 0 Å². The van der Waals surface area contributed by atoms with E-state index in [9.17, 15) is 14.4 Å². The van der Waals surface area contributed by atoms with Crippen molar-refractivity contribution in [3.8, 4) is 0 Å². The molecule has 24 heavy (non-hydrogen) atoms. The maximum absolute atomic E-state index is 11.9. The van der Waals surface area contributed by atoms with Gasteiger partial charge < -0.3 is 10.8 Å². The van der Waals surface area contributed by atoms with Gasteiger partial charge in [0, 0.05) is 6.42 Å². The molecular weight excluding hydrogens is 308 g/mol. The largest absolute Gasteiger partial charge is 0.480 e. The number of nitrogens with two attached hydrogens (primary N) is 1. The maximum Gasteiger partial charge on any atom is 0.323 e. The highest BCUT2D eigenvalue weighted by molar-refractivity contribution is 5.98. The Bertz CT molecular complexity index is 372. The van der Waals surface area contributed by atoms with Gasteiger partial charge in [0.1, 0.15) is 6.54 Å². The molecule has 0 aromatic rings. The molecule has 0 aliphatic carbocycles. The van der Waals surface area contributed by atoms with Crippen LogP contribution < -0.4 is 5.73 Å². The summed E-state index contributed by atoms with van der Waals surface area (Å²) in [6, 6.07) is 0. The fraction of sp³-hybridized carbons (Fsp3) is 0.833. The summed E-state index contributed by atoms with van der Waals surface area (Å²) in [7, 11) is 0. The number of unbranched alkanes of at least 4 members (excludes halogenated alkanes) is 10. The second-order valence-electron chi connectivity index (χ2n) is 6.26. The second-order valence-corrected chi connectivity index (χ2v) is 6.26. The quantitative estimate of drug-likeness (QED) is 0.445. The number of carboxylic acids is 1. The van der Waals surface area contributed by atoms with Gasteiger partial charge in [0.2, 0.25) is 11.8 Å². The van der Waals surface area contributed by atoms with Crippen LogP contribution in [0, 0.1) is 0 Å². The number of imide groups is 1. The van der Waals surface area contributed by atoms with Gasteiger partial charge in [-0.3, -0.25) is 19.3 Å². The molecule has 0 atom stereocenters. The summed E-state index contributed by atoms with van der Waals surface area (Å²) in [5.74, 6) is -2.28. The third-order valence-electron chi connectivity index (χ3n) is 4.06. The van der Waals surface area contributed by atoms with E-state index in [0.29, 0.717) is 6.42 Å². The molecule has 0 aromatic heterocycles. The Morgan fingerprint density at radius 3 is 1.67 bits per heavy atom. The lowest BCUT2D eigenvalue weighted by atomic mass is 10.1. The molecule has 0 unspecified atom stereocenters. The number of nitrogens with zero attached hydrogens (tertiary/aromatic N) is 1. The molecule has 0 aliphatic rings. The summed E-state index contributed by atoms with van der Waals surface area (Å²) in [5, 5.41) is 8.75. The van der Waals surface area contributed by atoms with Crippen LogP contribution >= 0.6 is 0 Å². The summed E-state index contributed by atoms with van der Waals surface area (Å²) < 4.78 is 0. The van der Waals surface area contributed by atoms with Crippen molar-refractivity contribution in [2.75, 3.05) is 13.1 Å². The van der Waals surface area contributed by atoms with E-state index < -0.39 is 24.3 Å². The van der Waals surface area contributed by atoms with Crippen molar-refractivity contribution in [2.45, 2.75) is 84.0 Å². The summed E-state index contributed by atoms with van der Waals surface area (Å²) in [5.41, 5.74) is 5.21. The first-order valence-corrected chi connectivity index (χ1v) is 9.28. The Morgan fingerprint density at radius 1 is 0.792 bits per heavy atom. The fourth-order valence-electron chi connectivity index (χ4n) is 2.64. The first kappa shape index (κ1) is 22.6. The number of hydrogen-bond acceptors (Lipinski definition) is 4. The Hall–Kier alpha value is -1.43. The van der Waals surface area contributed by atoms with Crippen LogP contribution in [-0.4, -0.2) is 40.9 Å². The molecule has 0 fully saturated rings. The SMILES string of the molecule is CCCCCCCCCCCCCC(=O)N(CC(=O)O)C(=O)CN. The summed E-state index contributed by atoms with van der Waals surface area (Å²) in [6.07, 6.45) is 13.2. The van der Waals surface area contributed by atoms with Gasteiger partial charge in [0.05, 0.1) is 6.54 Å². The van der Waals surface area contributed by atoms with Gasteiger partial charge in [0.15, 0.2) is 0 Å². The molecule has 0 aromatic carbocycles. The van der Waals surface area contributed by atoms with E-state index in [1.807, 2.05) is 0 Å². The van der Waals surface area contributed by atoms with E-state index in [1.54, 1.807) is 0 Å². The van der Waals surface area contributed by atoms with Crippen molar-refractivity contribution in [2.24, 2.45) is 5.73 Å². The molecule has 0 radical (unpaired) electrons. The fourth-order valence-corrected chi connectivity index (χ4v) is 2.64. The van der Waals surface area contributed by atoms with Crippen molar-refractivity contribution < 1.29 is 19.5 Å². The molecule has 0 saturated carbocycles. The molecule has 6 nitrogen and oxygen atoms in total. The number of rotatable bonds is 15. The third-order valence-corrected chi connectivity index (χ3v) is 4.06. The minimum Gasteiger partial charge on any atom is -0.480 e. The molecule has 3 N–H and O–H groups in total. The van der Waals surface area contributed by atoms with Crippen molar-refractivity contribution in [3.05, 3.63) is 0 Å². The number of carbonyl (C=O) groups is 3. The number of aliphatic carboxylic acids is 1. The molecule has 6 heteroatoms. The molecule has 0 heterocycles. The Balaban J connectivity index is 3.69. The predicted octanol–water partition coefficient (Wildman–Crippen LogP) is 3.09. The average Bonchev–Trinajstić information content (AvgIpc) is 2.56. The highest BCUT2D eigenvalue weighted by atomic mass is 16.4. The summed E-state index contributed by atoms with van der Waals surface area (Å²) in [4.78, 5) is 34.9. The lowest BCUT2D eigenvalue weighted by Crippen LogP contribution is -2.43. The predicted molar refractivity (Wildman–Crippen MR) is 94.5 cm³/mol. The molecule has 2 amide bonds. The van der Waals surface area contributed by atoms with E-state index in [2.05, 4.69) is 6.92 Å². The smallest absolute Gasteiger partial charge is 0.323 e. The lowest BCUT2D eigenvalue weighted by Gasteiger charge is -2.17. The van der Waals surface area contributed by atoms with Crippen molar-refractivity contribution >= 4 is 17.8 Å². The average molecular weight is 342 g/mol. The lowest BCUT2D eigenvalue weighted by molar-refractivity contribution is -0.152. The molecule has 0 aliphatic heterocycles. The molecule has 0 spiro atoms. The van der Waals surface area contributed by atoms with Crippen LogP contribution in [0.1, 0.15) is 84.0 Å². The monoisotopic (exact) mass is 342 g/mol. The van der Waals surface area contributed by atoms with Gasteiger partial charge in [-0.1, -0.05) is 71.1 Å². The second kappa shape index (κ2) is 15.1. The van der Waals surface area contributed by atoms with Crippen LogP contribution in [0.15, 0.2) is 0 Å². The zero-order valence-corrected chi connectivity index (χ0v) is 15.1. The van der Waals surface area contributed by atoms with E-state index in [4.69, 9.17) is 10.8 Å².